The number of nitrogens with one attached hydrogen (secondary N) is 1. The molecule has 1 N–H and O–H groups in total. The van der Waals surface area contributed by atoms with Crippen molar-refractivity contribution in [2.75, 3.05) is 0 Å². The van der Waals surface area contributed by atoms with Gasteiger partial charge in [0.15, 0.2) is 0 Å². The Kier molecular flexibility index (Phi) is 6.63. The zero-order valence-electron chi connectivity index (χ0n) is 17.8. The quantitative estimate of drug-likeness (QED) is 0.498. The number of fused-ring (bicyclic) bond motifs is 2. The molecule has 0 fully saturated rings. The smallest absolute Gasteiger partial charge is 0.264 e. The standard InChI is InChI=1S/C23H22N2O2S.C2H6/c1-3-9-18(4-2)28(26,27)25-15-14-17-10-5-6-11-19(17)23(25)21-16-24-22-13-8-7-12-20(21)22;1-2/h3-16,23-24H,1-2H3;1-2H3/b9-3-,18-4+;. The molecule has 2 heterocycles. The molecule has 1 aromatic heterocycles. The molecule has 1 aliphatic rings. The average molecular weight is 421 g/mol. The first-order chi connectivity index (χ1) is 14.6. The van der Waals surface area contributed by atoms with Crippen LogP contribution >= 0.6 is 0 Å². The molecule has 1 unspecified atom stereocenters. The van der Waals surface area contributed by atoms with Crippen LogP contribution in [0.5, 0.6) is 0 Å². The largest absolute Gasteiger partial charge is 0.361 e. The van der Waals surface area contributed by atoms with E-state index in [0.717, 1.165) is 27.6 Å². The molecule has 1 atom stereocenters. The first-order valence-electron chi connectivity index (χ1n) is 10.2. The van der Waals surface area contributed by atoms with Crippen molar-refractivity contribution in [2.45, 2.75) is 33.7 Å². The number of H-pyrrole nitrogens is 1. The van der Waals surface area contributed by atoms with E-state index in [2.05, 4.69) is 4.98 Å². The highest BCUT2D eigenvalue weighted by Crippen LogP contribution is 2.41. The van der Waals surface area contributed by atoms with Gasteiger partial charge in [0.1, 0.15) is 0 Å². The highest BCUT2D eigenvalue weighted by Gasteiger charge is 2.35. The van der Waals surface area contributed by atoms with Crippen LogP contribution in [-0.4, -0.2) is 17.7 Å². The Balaban J connectivity index is 0.00000124. The van der Waals surface area contributed by atoms with Gasteiger partial charge >= 0.3 is 0 Å². The fourth-order valence-electron chi connectivity index (χ4n) is 3.75. The van der Waals surface area contributed by atoms with Crippen molar-refractivity contribution in [3.05, 3.63) is 101 Å². The molecule has 4 nitrogen and oxygen atoms in total. The van der Waals surface area contributed by atoms with Gasteiger partial charge in [0.2, 0.25) is 0 Å². The normalized spacial score (nSPS) is 16.5. The van der Waals surface area contributed by atoms with Gasteiger partial charge in [-0.3, -0.25) is 4.31 Å². The van der Waals surface area contributed by atoms with Crippen molar-refractivity contribution in [1.82, 2.24) is 9.29 Å². The van der Waals surface area contributed by atoms with Crippen LogP contribution in [0.15, 0.2) is 84.1 Å². The predicted octanol–water partition coefficient (Wildman–Crippen LogP) is 6.38. The van der Waals surface area contributed by atoms with Crippen LogP contribution in [-0.2, 0) is 10.0 Å². The summed E-state index contributed by atoms with van der Waals surface area (Å²) in [7, 11) is -3.72. The lowest BCUT2D eigenvalue weighted by molar-refractivity contribution is 0.454. The van der Waals surface area contributed by atoms with Gasteiger partial charge in [-0.15, -0.1) is 0 Å². The Morgan fingerprint density at radius 1 is 1.00 bits per heavy atom. The Labute approximate surface area is 179 Å². The van der Waals surface area contributed by atoms with Crippen molar-refractivity contribution in [1.29, 1.82) is 0 Å². The summed E-state index contributed by atoms with van der Waals surface area (Å²) in [6.07, 6.45) is 10.5. The van der Waals surface area contributed by atoms with Gasteiger partial charge in [-0.2, -0.15) is 0 Å². The molecule has 0 saturated heterocycles. The number of benzene rings is 2. The second kappa shape index (κ2) is 9.18. The van der Waals surface area contributed by atoms with Crippen LogP contribution < -0.4 is 0 Å². The van der Waals surface area contributed by atoms with Crippen molar-refractivity contribution >= 4 is 27.0 Å². The Hall–Kier alpha value is -3.05. The zero-order chi connectivity index (χ0) is 21.7. The summed E-state index contributed by atoms with van der Waals surface area (Å²) in [5.74, 6) is 0. The number of hydrogen-bond acceptors (Lipinski definition) is 2. The van der Waals surface area contributed by atoms with E-state index in [1.54, 1.807) is 31.4 Å². The molecule has 156 valence electrons. The SMILES string of the molecule is C/C=C\C(=C/C)S(=O)(=O)N1C=Cc2ccccc2C1c1c[nH]c2ccccc12.CC. The third kappa shape index (κ3) is 3.73. The van der Waals surface area contributed by atoms with Crippen LogP contribution in [0.25, 0.3) is 17.0 Å². The van der Waals surface area contributed by atoms with Gasteiger partial charge in [0.05, 0.1) is 10.9 Å². The van der Waals surface area contributed by atoms with E-state index < -0.39 is 16.1 Å². The molecule has 2 aromatic carbocycles. The first kappa shape index (κ1) is 21.7. The molecule has 0 radical (unpaired) electrons. The molecule has 0 bridgehead atoms. The minimum Gasteiger partial charge on any atom is -0.361 e. The number of aromatic amines is 1. The van der Waals surface area contributed by atoms with E-state index in [-0.39, 0.29) is 4.91 Å². The van der Waals surface area contributed by atoms with E-state index in [9.17, 15) is 8.42 Å². The number of hydrogen-bond donors (Lipinski definition) is 1. The van der Waals surface area contributed by atoms with E-state index in [1.165, 1.54) is 4.31 Å². The van der Waals surface area contributed by atoms with Gasteiger partial charge in [0.25, 0.3) is 10.0 Å². The van der Waals surface area contributed by atoms with Gasteiger partial charge in [-0.05, 0) is 43.2 Å². The average Bonchev–Trinajstić information content (AvgIpc) is 3.21. The minimum atomic E-state index is -3.72. The lowest BCUT2D eigenvalue weighted by Gasteiger charge is -2.34. The van der Waals surface area contributed by atoms with Gasteiger partial charge in [0, 0.05) is 28.9 Å². The monoisotopic (exact) mass is 420 g/mol. The first-order valence-corrected chi connectivity index (χ1v) is 11.7. The fourth-order valence-corrected chi connectivity index (χ4v) is 5.32. The van der Waals surface area contributed by atoms with Crippen molar-refractivity contribution in [3.63, 3.8) is 0 Å². The second-order valence-electron chi connectivity index (χ2n) is 6.66. The maximum atomic E-state index is 13.5. The van der Waals surface area contributed by atoms with Crippen LogP contribution in [0.2, 0.25) is 0 Å². The number of allylic oxidation sites excluding steroid dienone is 3. The predicted molar refractivity (Wildman–Crippen MR) is 126 cm³/mol. The summed E-state index contributed by atoms with van der Waals surface area (Å²) in [5, 5.41) is 1.02. The molecule has 3 aromatic rings. The maximum absolute atomic E-state index is 13.5. The molecule has 0 spiro atoms. The lowest BCUT2D eigenvalue weighted by Crippen LogP contribution is -2.33. The Morgan fingerprint density at radius 3 is 2.43 bits per heavy atom. The summed E-state index contributed by atoms with van der Waals surface area (Å²) >= 11 is 0. The van der Waals surface area contributed by atoms with Crippen molar-refractivity contribution in [2.24, 2.45) is 0 Å². The van der Waals surface area contributed by atoms with Crippen LogP contribution in [0, 0.1) is 0 Å². The molecule has 0 saturated carbocycles. The molecule has 1 aliphatic heterocycles. The summed E-state index contributed by atoms with van der Waals surface area (Å²) < 4.78 is 28.5. The van der Waals surface area contributed by atoms with Crippen LogP contribution in [0.1, 0.15) is 50.4 Å². The minimum absolute atomic E-state index is 0.281. The van der Waals surface area contributed by atoms with Crippen molar-refractivity contribution in [3.8, 4) is 0 Å². The van der Waals surface area contributed by atoms with Gasteiger partial charge < -0.3 is 4.98 Å². The second-order valence-corrected chi connectivity index (χ2v) is 8.51. The van der Waals surface area contributed by atoms with Crippen LogP contribution in [0.4, 0.5) is 0 Å². The number of para-hydroxylation sites is 1. The lowest BCUT2D eigenvalue weighted by atomic mass is 9.92. The van der Waals surface area contributed by atoms with E-state index in [1.807, 2.05) is 81.6 Å². The Bertz CT molecular complexity index is 1220. The van der Waals surface area contributed by atoms with Gasteiger partial charge in [-0.1, -0.05) is 68.5 Å². The summed E-state index contributed by atoms with van der Waals surface area (Å²) in [6, 6.07) is 15.5. The Morgan fingerprint density at radius 2 is 1.70 bits per heavy atom. The number of nitrogens with zero attached hydrogens (tertiary/aromatic N) is 1. The number of rotatable bonds is 4. The van der Waals surface area contributed by atoms with Crippen molar-refractivity contribution < 1.29 is 8.42 Å². The highest BCUT2D eigenvalue weighted by atomic mass is 32.2. The summed E-state index contributed by atoms with van der Waals surface area (Å²) in [4.78, 5) is 3.56. The summed E-state index contributed by atoms with van der Waals surface area (Å²) in [5.41, 5.74) is 3.92. The molecular weight excluding hydrogens is 392 g/mol. The zero-order valence-corrected chi connectivity index (χ0v) is 18.6. The van der Waals surface area contributed by atoms with E-state index in [0.29, 0.717) is 0 Å². The molecular formula is C25H28N2O2S. The van der Waals surface area contributed by atoms with E-state index >= 15 is 0 Å². The number of aromatic nitrogens is 1. The third-order valence-corrected chi connectivity index (χ3v) is 6.91. The van der Waals surface area contributed by atoms with Gasteiger partial charge in [-0.25, -0.2) is 8.42 Å². The molecule has 4 rings (SSSR count). The topological polar surface area (TPSA) is 53.2 Å². The summed E-state index contributed by atoms with van der Waals surface area (Å²) in [6.45, 7) is 7.56. The van der Waals surface area contributed by atoms with Crippen LogP contribution in [0.3, 0.4) is 0 Å². The fraction of sp³-hybridized carbons (Fsp3) is 0.200. The third-order valence-electron chi connectivity index (χ3n) is 5.05. The molecule has 0 aliphatic carbocycles. The number of sulfonamides is 1. The maximum Gasteiger partial charge on any atom is 0.264 e. The van der Waals surface area contributed by atoms with E-state index in [4.69, 9.17) is 0 Å². The molecule has 5 heteroatoms. The highest BCUT2D eigenvalue weighted by molar-refractivity contribution is 7.93. The molecule has 30 heavy (non-hydrogen) atoms. The molecule has 0 amide bonds.